The van der Waals surface area contributed by atoms with Gasteiger partial charge in [0.05, 0.1) is 13.2 Å². The maximum absolute atomic E-state index is 12.4. The number of benzene rings is 2. The summed E-state index contributed by atoms with van der Waals surface area (Å²) in [5.74, 6) is 1.84. The molecule has 2 aromatic rings. The van der Waals surface area contributed by atoms with Crippen LogP contribution in [-0.2, 0) is 4.79 Å². The summed E-state index contributed by atoms with van der Waals surface area (Å²) in [6, 6.07) is 11.6. The molecule has 1 unspecified atom stereocenters. The lowest BCUT2D eigenvalue weighted by molar-refractivity contribution is -0.116. The lowest BCUT2D eigenvalue weighted by Gasteiger charge is -2.12. The predicted octanol–water partition coefficient (Wildman–Crippen LogP) is 4.21. The number of carbonyl (C=O) groups is 1. The van der Waals surface area contributed by atoms with E-state index in [1.165, 1.54) is 16.7 Å². The normalized spacial score (nSPS) is 15.5. The average molecular weight is 325 g/mol. The molecule has 126 valence electrons. The summed E-state index contributed by atoms with van der Waals surface area (Å²) in [5.41, 5.74) is 4.33. The van der Waals surface area contributed by atoms with E-state index in [0.717, 1.165) is 17.2 Å². The van der Waals surface area contributed by atoms with Gasteiger partial charge in [-0.15, -0.1) is 0 Å². The van der Waals surface area contributed by atoms with Gasteiger partial charge in [-0.2, -0.15) is 0 Å². The third-order valence-electron chi connectivity index (χ3n) is 4.22. The third-order valence-corrected chi connectivity index (χ3v) is 4.22. The van der Waals surface area contributed by atoms with Crippen molar-refractivity contribution in [3.05, 3.63) is 53.1 Å². The topological polar surface area (TPSA) is 47.6 Å². The number of carbonyl (C=O) groups excluding carboxylic acids is 1. The smallest absolute Gasteiger partial charge is 0.225 e. The summed E-state index contributed by atoms with van der Waals surface area (Å²) >= 11 is 0. The number of amides is 1. The first-order valence-corrected chi connectivity index (χ1v) is 8.33. The highest BCUT2D eigenvalue weighted by Crippen LogP contribution is 2.39. The van der Waals surface area contributed by atoms with E-state index < -0.39 is 0 Å². The molecular formula is C20H23NO3. The van der Waals surface area contributed by atoms with Gasteiger partial charge in [-0.25, -0.2) is 0 Å². The molecule has 4 nitrogen and oxygen atoms in total. The van der Waals surface area contributed by atoms with Gasteiger partial charge in [0.2, 0.25) is 5.91 Å². The molecule has 1 N–H and O–H groups in total. The van der Waals surface area contributed by atoms with E-state index in [1.807, 2.05) is 37.3 Å². The molecule has 0 saturated carbocycles. The van der Waals surface area contributed by atoms with Crippen LogP contribution in [0.4, 0.5) is 5.69 Å². The first kappa shape index (κ1) is 16.4. The lowest BCUT2D eigenvalue weighted by atomic mass is 9.92. The molecule has 24 heavy (non-hydrogen) atoms. The number of nitrogens with one attached hydrogen (secondary N) is 1. The van der Waals surface area contributed by atoms with Crippen molar-refractivity contribution in [2.75, 3.05) is 18.5 Å². The number of rotatable bonds is 5. The second-order valence-corrected chi connectivity index (χ2v) is 6.21. The average Bonchev–Trinajstić information content (AvgIpc) is 2.92. The summed E-state index contributed by atoms with van der Waals surface area (Å²) in [7, 11) is 0. The van der Waals surface area contributed by atoms with Crippen molar-refractivity contribution in [2.45, 2.75) is 33.1 Å². The molecule has 4 heteroatoms. The van der Waals surface area contributed by atoms with Crippen LogP contribution in [-0.4, -0.2) is 19.1 Å². The Morgan fingerprint density at radius 2 is 2.00 bits per heavy atom. The fourth-order valence-corrected chi connectivity index (χ4v) is 3.25. The summed E-state index contributed by atoms with van der Waals surface area (Å²) in [6.45, 7) is 7.28. The van der Waals surface area contributed by atoms with E-state index in [9.17, 15) is 4.79 Å². The molecule has 0 saturated heterocycles. The maximum Gasteiger partial charge on any atom is 0.225 e. The highest BCUT2D eigenvalue weighted by Gasteiger charge is 2.28. The fourth-order valence-electron chi connectivity index (χ4n) is 3.25. The van der Waals surface area contributed by atoms with Crippen LogP contribution in [0.2, 0.25) is 0 Å². The molecule has 1 atom stereocenters. The van der Waals surface area contributed by atoms with Crippen LogP contribution >= 0.6 is 0 Å². The van der Waals surface area contributed by atoms with Crippen LogP contribution in [0.1, 0.15) is 36.0 Å². The number of fused-ring (bicyclic) bond motifs is 1. The molecule has 0 fully saturated rings. The SMILES string of the molecule is CCOc1ccc(NC(=O)CC2COc3cc(C)cc(C)c32)cc1. The van der Waals surface area contributed by atoms with Crippen molar-refractivity contribution in [2.24, 2.45) is 0 Å². The third kappa shape index (κ3) is 3.53. The quantitative estimate of drug-likeness (QED) is 0.896. The van der Waals surface area contributed by atoms with Crippen molar-refractivity contribution >= 4 is 11.6 Å². The largest absolute Gasteiger partial charge is 0.494 e. The number of hydrogen-bond donors (Lipinski definition) is 1. The Bertz CT molecular complexity index is 737. The van der Waals surface area contributed by atoms with Crippen molar-refractivity contribution in [1.82, 2.24) is 0 Å². The highest BCUT2D eigenvalue weighted by molar-refractivity contribution is 5.91. The Labute approximate surface area is 142 Å². The summed E-state index contributed by atoms with van der Waals surface area (Å²) in [4.78, 5) is 12.4. The van der Waals surface area contributed by atoms with Crippen molar-refractivity contribution < 1.29 is 14.3 Å². The summed E-state index contributed by atoms with van der Waals surface area (Å²) < 4.78 is 11.2. The second kappa shape index (κ2) is 6.95. The lowest BCUT2D eigenvalue weighted by Crippen LogP contribution is -2.16. The molecule has 2 aromatic carbocycles. The molecule has 1 aliphatic heterocycles. The Hall–Kier alpha value is -2.49. The molecule has 0 aliphatic carbocycles. The van der Waals surface area contributed by atoms with Gasteiger partial charge in [-0.1, -0.05) is 6.07 Å². The van der Waals surface area contributed by atoms with E-state index in [-0.39, 0.29) is 11.8 Å². The Balaban J connectivity index is 1.64. The van der Waals surface area contributed by atoms with Crippen molar-refractivity contribution in [3.63, 3.8) is 0 Å². The molecular weight excluding hydrogens is 302 g/mol. The van der Waals surface area contributed by atoms with Crippen LogP contribution < -0.4 is 14.8 Å². The van der Waals surface area contributed by atoms with E-state index >= 15 is 0 Å². The van der Waals surface area contributed by atoms with Gasteiger partial charge in [0, 0.05) is 23.6 Å². The first-order chi connectivity index (χ1) is 11.6. The second-order valence-electron chi connectivity index (χ2n) is 6.21. The van der Waals surface area contributed by atoms with Crippen molar-refractivity contribution in [3.8, 4) is 11.5 Å². The molecule has 1 heterocycles. The zero-order valence-corrected chi connectivity index (χ0v) is 14.4. The molecule has 0 bridgehead atoms. The summed E-state index contributed by atoms with van der Waals surface area (Å²) in [6.07, 6.45) is 0.421. The first-order valence-electron chi connectivity index (χ1n) is 8.33. The fraction of sp³-hybridized carbons (Fsp3) is 0.350. The minimum atomic E-state index is 0.000542. The van der Waals surface area contributed by atoms with Crippen LogP contribution in [0.25, 0.3) is 0 Å². The van der Waals surface area contributed by atoms with E-state index in [0.29, 0.717) is 19.6 Å². The minimum Gasteiger partial charge on any atom is -0.494 e. The van der Waals surface area contributed by atoms with Crippen LogP contribution in [0, 0.1) is 13.8 Å². The Morgan fingerprint density at radius 1 is 1.25 bits per heavy atom. The van der Waals surface area contributed by atoms with E-state index in [1.54, 1.807) is 0 Å². The number of hydrogen-bond acceptors (Lipinski definition) is 3. The van der Waals surface area contributed by atoms with E-state index in [2.05, 4.69) is 25.2 Å². The molecule has 0 spiro atoms. The van der Waals surface area contributed by atoms with E-state index in [4.69, 9.17) is 9.47 Å². The monoisotopic (exact) mass is 325 g/mol. The van der Waals surface area contributed by atoms with Gasteiger partial charge in [0.25, 0.3) is 0 Å². The van der Waals surface area contributed by atoms with Crippen LogP contribution in [0.15, 0.2) is 36.4 Å². The molecule has 1 amide bonds. The van der Waals surface area contributed by atoms with Gasteiger partial charge >= 0.3 is 0 Å². The van der Waals surface area contributed by atoms with Crippen molar-refractivity contribution in [1.29, 1.82) is 0 Å². The Kier molecular flexibility index (Phi) is 4.74. The Morgan fingerprint density at radius 3 is 2.71 bits per heavy atom. The van der Waals surface area contributed by atoms with Crippen LogP contribution in [0.3, 0.4) is 0 Å². The van der Waals surface area contributed by atoms with Gasteiger partial charge in [-0.05, 0) is 62.2 Å². The zero-order chi connectivity index (χ0) is 17.1. The molecule has 0 aromatic heterocycles. The number of anilines is 1. The minimum absolute atomic E-state index is 0.000542. The van der Waals surface area contributed by atoms with Gasteiger partial charge in [0.1, 0.15) is 11.5 Å². The zero-order valence-electron chi connectivity index (χ0n) is 14.4. The standard InChI is InChI=1S/C20H23NO3/c1-4-23-17-7-5-16(6-8-17)21-19(22)11-15-12-24-18-10-13(2)9-14(3)20(15)18/h5-10,15H,4,11-12H2,1-3H3,(H,21,22). The summed E-state index contributed by atoms with van der Waals surface area (Å²) in [5, 5.41) is 2.95. The van der Waals surface area contributed by atoms with Gasteiger partial charge in [0.15, 0.2) is 0 Å². The highest BCUT2D eigenvalue weighted by atomic mass is 16.5. The molecule has 3 rings (SSSR count). The number of aryl methyl sites for hydroxylation is 2. The molecule has 0 radical (unpaired) electrons. The van der Waals surface area contributed by atoms with Gasteiger partial charge in [-0.3, -0.25) is 4.79 Å². The predicted molar refractivity (Wildman–Crippen MR) is 95.0 cm³/mol. The maximum atomic E-state index is 12.4. The number of ether oxygens (including phenoxy) is 2. The van der Waals surface area contributed by atoms with Gasteiger partial charge < -0.3 is 14.8 Å². The molecule has 1 aliphatic rings. The van der Waals surface area contributed by atoms with Crippen LogP contribution in [0.5, 0.6) is 11.5 Å².